The molecule has 1 amide bonds. The van der Waals surface area contributed by atoms with Crippen molar-refractivity contribution < 1.29 is 19.4 Å². The summed E-state index contributed by atoms with van der Waals surface area (Å²) in [5, 5.41) is 9.80. The number of amides is 1. The lowest BCUT2D eigenvalue weighted by Gasteiger charge is -2.29. The van der Waals surface area contributed by atoms with Crippen molar-refractivity contribution in [2.75, 3.05) is 26.3 Å². The minimum atomic E-state index is -0.633. The van der Waals surface area contributed by atoms with E-state index in [0.29, 0.717) is 37.6 Å². The number of hydrogen-bond donors (Lipinski definition) is 1. The number of ether oxygens (including phenoxy) is 2. The van der Waals surface area contributed by atoms with Crippen LogP contribution in [-0.2, 0) is 9.53 Å². The van der Waals surface area contributed by atoms with Crippen molar-refractivity contribution in [3.05, 3.63) is 29.3 Å². The normalized spacial score (nSPS) is 18.2. The molecule has 0 aliphatic carbocycles. The van der Waals surface area contributed by atoms with Crippen molar-refractivity contribution >= 4 is 5.91 Å². The van der Waals surface area contributed by atoms with Crippen LogP contribution in [0.1, 0.15) is 31.1 Å². The van der Waals surface area contributed by atoms with Crippen LogP contribution < -0.4 is 4.74 Å². The van der Waals surface area contributed by atoms with E-state index in [1.165, 1.54) is 0 Å². The van der Waals surface area contributed by atoms with Gasteiger partial charge in [-0.2, -0.15) is 0 Å². The van der Waals surface area contributed by atoms with E-state index in [1.54, 1.807) is 18.7 Å². The molecule has 5 nitrogen and oxygen atoms in total. The molecule has 1 saturated heterocycles. The predicted octanol–water partition coefficient (Wildman–Crippen LogP) is 1.67. The Morgan fingerprint density at radius 2 is 2.00 bits per heavy atom. The topological polar surface area (TPSA) is 59.0 Å². The highest BCUT2D eigenvalue weighted by molar-refractivity contribution is 5.81. The van der Waals surface area contributed by atoms with E-state index in [0.717, 1.165) is 5.56 Å². The second-order valence-electron chi connectivity index (χ2n) is 5.41. The predicted molar refractivity (Wildman–Crippen MR) is 79.3 cm³/mol. The zero-order valence-electron chi connectivity index (χ0n) is 12.8. The summed E-state index contributed by atoms with van der Waals surface area (Å²) in [7, 11) is 0. The zero-order valence-corrected chi connectivity index (χ0v) is 12.8. The number of hydrogen-bond acceptors (Lipinski definition) is 4. The van der Waals surface area contributed by atoms with E-state index < -0.39 is 12.2 Å². The fourth-order valence-electron chi connectivity index (χ4n) is 2.37. The number of aliphatic hydroxyl groups excluding tert-OH is 1. The zero-order chi connectivity index (χ0) is 15.4. The molecular formula is C16H23NO4. The molecule has 5 heteroatoms. The Kier molecular flexibility index (Phi) is 5.20. The van der Waals surface area contributed by atoms with Crippen molar-refractivity contribution in [2.45, 2.75) is 33.0 Å². The van der Waals surface area contributed by atoms with Gasteiger partial charge in [-0.1, -0.05) is 12.1 Å². The van der Waals surface area contributed by atoms with Crippen molar-refractivity contribution in [2.24, 2.45) is 0 Å². The number of carbonyl (C=O) groups excluding carboxylic acids is 1. The highest BCUT2D eigenvalue weighted by Gasteiger charge is 2.24. The summed E-state index contributed by atoms with van der Waals surface area (Å²) in [4.78, 5) is 14.1. The Bertz CT molecular complexity index is 495. The standard InChI is InChI=1S/C16H23NO4/c1-11-4-5-14(12(2)18)15(10-11)21-13(3)16(19)17-6-8-20-9-7-17/h4-5,10,12-13,18H,6-9H2,1-3H3/t12-,13?/m0/s1. The van der Waals surface area contributed by atoms with E-state index >= 15 is 0 Å². The van der Waals surface area contributed by atoms with Gasteiger partial charge >= 0.3 is 0 Å². The lowest BCUT2D eigenvalue weighted by Crippen LogP contribution is -2.46. The quantitative estimate of drug-likeness (QED) is 0.917. The molecule has 0 saturated carbocycles. The van der Waals surface area contributed by atoms with Crippen LogP contribution in [0.5, 0.6) is 5.75 Å². The number of carbonyl (C=O) groups is 1. The Morgan fingerprint density at radius 1 is 1.33 bits per heavy atom. The number of rotatable bonds is 4. The molecule has 1 aromatic carbocycles. The fourth-order valence-corrected chi connectivity index (χ4v) is 2.37. The highest BCUT2D eigenvalue weighted by Crippen LogP contribution is 2.27. The van der Waals surface area contributed by atoms with Gasteiger partial charge in [-0.3, -0.25) is 4.79 Å². The number of benzene rings is 1. The van der Waals surface area contributed by atoms with Gasteiger partial charge in [0.2, 0.25) is 0 Å². The first-order valence-electron chi connectivity index (χ1n) is 7.31. The van der Waals surface area contributed by atoms with Crippen LogP contribution >= 0.6 is 0 Å². The first kappa shape index (κ1) is 15.8. The molecule has 1 unspecified atom stereocenters. The first-order valence-corrected chi connectivity index (χ1v) is 7.31. The molecule has 1 heterocycles. The molecule has 2 atom stereocenters. The monoisotopic (exact) mass is 293 g/mol. The average Bonchev–Trinajstić information content (AvgIpc) is 2.47. The summed E-state index contributed by atoms with van der Waals surface area (Å²) in [6, 6.07) is 5.61. The van der Waals surface area contributed by atoms with Gasteiger partial charge in [0, 0.05) is 18.7 Å². The highest BCUT2D eigenvalue weighted by atomic mass is 16.5. The molecule has 2 rings (SSSR count). The van der Waals surface area contributed by atoms with Crippen LogP contribution in [0.25, 0.3) is 0 Å². The minimum Gasteiger partial charge on any atom is -0.480 e. The molecule has 0 radical (unpaired) electrons. The molecule has 116 valence electrons. The van der Waals surface area contributed by atoms with Gasteiger partial charge in [0.25, 0.3) is 5.91 Å². The van der Waals surface area contributed by atoms with Gasteiger partial charge in [0.05, 0.1) is 19.3 Å². The van der Waals surface area contributed by atoms with Crippen LogP contribution in [0.3, 0.4) is 0 Å². The smallest absolute Gasteiger partial charge is 0.263 e. The minimum absolute atomic E-state index is 0.0450. The number of aliphatic hydroxyl groups is 1. The van der Waals surface area contributed by atoms with Crippen molar-refractivity contribution in [1.82, 2.24) is 4.90 Å². The molecule has 0 spiro atoms. The van der Waals surface area contributed by atoms with Gasteiger partial charge in [0.15, 0.2) is 6.10 Å². The first-order chi connectivity index (χ1) is 9.99. The summed E-state index contributed by atoms with van der Waals surface area (Å²) < 4.78 is 11.1. The molecule has 1 aromatic rings. The van der Waals surface area contributed by atoms with Gasteiger partial charge in [-0.05, 0) is 32.4 Å². The third-order valence-corrected chi connectivity index (χ3v) is 3.59. The van der Waals surface area contributed by atoms with E-state index in [9.17, 15) is 9.90 Å². The lowest BCUT2D eigenvalue weighted by atomic mass is 10.1. The molecule has 1 aliphatic rings. The van der Waals surface area contributed by atoms with Crippen molar-refractivity contribution in [1.29, 1.82) is 0 Å². The Morgan fingerprint density at radius 3 is 2.62 bits per heavy atom. The van der Waals surface area contributed by atoms with Gasteiger partial charge in [0.1, 0.15) is 5.75 Å². The van der Waals surface area contributed by atoms with E-state index in [-0.39, 0.29) is 5.91 Å². The third kappa shape index (κ3) is 3.95. The number of aryl methyl sites for hydroxylation is 1. The molecule has 1 N–H and O–H groups in total. The molecule has 0 aromatic heterocycles. The van der Waals surface area contributed by atoms with Crippen LogP contribution in [0.2, 0.25) is 0 Å². The largest absolute Gasteiger partial charge is 0.480 e. The number of nitrogens with zero attached hydrogens (tertiary/aromatic N) is 1. The third-order valence-electron chi connectivity index (χ3n) is 3.59. The van der Waals surface area contributed by atoms with Crippen molar-refractivity contribution in [3.8, 4) is 5.75 Å². The van der Waals surface area contributed by atoms with Crippen LogP contribution in [0, 0.1) is 6.92 Å². The van der Waals surface area contributed by atoms with E-state index in [2.05, 4.69) is 0 Å². The molecule has 1 aliphatic heterocycles. The van der Waals surface area contributed by atoms with Crippen LogP contribution in [0.15, 0.2) is 18.2 Å². The van der Waals surface area contributed by atoms with Gasteiger partial charge in [-0.25, -0.2) is 0 Å². The number of morpholine rings is 1. The Balaban J connectivity index is 2.09. The Hall–Kier alpha value is -1.59. The van der Waals surface area contributed by atoms with Crippen LogP contribution in [0.4, 0.5) is 0 Å². The summed E-state index contributed by atoms with van der Waals surface area (Å²) in [5.74, 6) is 0.524. The molecule has 1 fully saturated rings. The second kappa shape index (κ2) is 6.91. The average molecular weight is 293 g/mol. The van der Waals surface area contributed by atoms with Gasteiger partial charge in [-0.15, -0.1) is 0 Å². The van der Waals surface area contributed by atoms with E-state index in [1.807, 2.05) is 25.1 Å². The van der Waals surface area contributed by atoms with Crippen LogP contribution in [-0.4, -0.2) is 48.3 Å². The summed E-state index contributed by atoms with van der Waals surface area (Å²) in [6.07, 6.45) is -1.21. The second-order valence-corrected chi connectivity index (χ2v) is 5.41. The summed E-state index contributed by atoms with van der Waals surface area (Å²) >= 11 is 0. The Labute approximate surface area is 125 Å². The van der Waals surface area contributed by atoms with Crippen molar-refractivity contribution in [3.63, 3.8) is 0 Å². The molecule has 0 bridgehead atoms. The summed E-state index contributed by atoms with van der Waals surface area (Å²) in [5.41, 5.74) is 1.72. The maximum absolute atomic E-state index is 12.4. The lowest BCUT2D eigenvalue weighted by molar-refractivity contribution is -0.142. The summed E-state index contributed by atoms with van der Waals surface area (Å²) in [6.45, 7) is 7.72. The molecule has 21 heavy (non-hydrogen) atoms. The fraction of sp³-hybridized carbons (Fsp3) is 0.562. The SMILES string of the molecule is Cc1ccc([C@H](C)O)c(OC(C)C(=O)N2CCOCC2)c1. The maximum Gasteiger partial charge on any atom is 0.263 e. The van der Waals surface area contributed by atoms with E-state index in [4.69, 9.17) is 9.47 Å². The maximum atomic E-state index is 12.4. The van der Waals surface area contributed by atoms with Gasteiger partial charge < -0.3 is 19.5 Å². The molecular weight excluding hydrogens is 270 g/mol.